The summed E-state index contributed by atoms with van der Waals surface area (Å²) in [4.78, 5) is 15.2. The number of anilines is 1. The highest BCUT2D eigenvalue weighted by molar-refractivity contribution is 6.32. The SMILES string of the molecule is COCC(C)NC(=O)CCNc1ncc(C(F)(F)F)cc1Cl. The molecule has 0 saturated carbocycles. The summed E-state index contributed by atoms with van der Waals surface area (Å²) in [6.45, 7) is 2.39. The van der Waals surface area contributed by atoms with E-state index in [1.165, 1.54) is 7.11 Å². The van der Waals surface area contributed by atoms with Crippen molar-refractivity contribution in [2.75, 3.05) is 25.6 Å². The van der Waals surface area contributed by atoms with Crippen LogP contribution in [0, 0.1) is 0 Å². The van der Waals surface area contributed by atoms with Gasteiger partial charge in [-0.05, 0) is 13.0 Å². The monoisotopic (exact) mass is 339 g/mol. The number of carbonyl (C=O) groups excluding carboxylic acids is 1. The van der Waals surface area contributed by atoms with Crippen LogP contribution in [-0.2, 0) is 15.7 Å². The number of rotatable bonds is 7. The Bertz CT molecular complexity index is 512. The summed E-state index contributed by atoms with van der Waals surface area (Å²) in [6, 6.07) is 0.669. The van der Waals surface area contributed by atoms with E-state index in [2.05, 4.69) is 15.6 Å². The predicted molar refractivity (Wildman–Crippen MR) is 76.8 cm³/mol. The number of amides is 1. The molecule has 1 atom stereocenters. The Hall–Kier alpha value is -1.54. The van der Waals surface area contributed by atoms with Gasteiger partial charge >= 0.3 is 6.18 Å². The molecule has 0 aliphatic rings. The summed E-state index contributed by atoms with van der Waals surface area (Å²) >= 11 is 5.73. The van der Waals surface area contributed by atoms with Crippen LogP contribution in [0.2, 0.25) is 5.02 Å². The van der Waals surface area contributed by atoms with Crippen molar-refractivity contribution in [1.29, 1.82) is 0 Å². The van der Waals surface area contributed by atoms with E-state index in [1.54, 1.807) is 6.92 Å². The molecule has 1 unspecified atom stereocenters. The molecule has 1 rings (SSSR count). The highest BCUT2D eigenvalue weighted by atomic mass is 35.5. The molecule has 0 aromatic carbocycles. The first kappa shape index (κ1) is 18.5. The Morgan fingerprint density at radius 1 is 1.50 bits per heavy atom. The van der Waals surface area contributed by atoms with Crippen molar-refractivity contribution in [3.05, 3.63) is 22.8 Å². The number of ether oxygens (including phenoxy) is 1. The van der Waals surface area contributed by atoms with E-state index in [-0.39, 0.29) is 35.8 Å². The van der Waals surface area contributed by atoms with Gasteiger partial charge in [0, 0.05) is 32.3 Å². The van der Waals surface area contributed by atoms with Crippen molar-refractivity contribution in [3.63, 3.8) is 0 Å². The summed E-state index contributed by atoms with van der Waals surface area (Å²) in [6.07, 6.45) is -3.67. The molecule has 0 saturated heterocycles. The molecule has 0 radical (unpaired) electrons. The summed E-state index contributed by atoms with van der Waals surface area (Å²) in [5.74, 6) is -0.104. The van der Waals surface area contributed by atoms with E-state index < -0.39 is 11.7 Å². The highest BCUT2D eigenvalue weighted by Crippen LogP contribution is 2.32. The molecule has 2 N–H and O–H groups in total. The van der Waals surface area contributed by atoms with Gasteiger partial charge in [-0.3, -0.25) is 4.79 Å². The minimum absolute atomic E-state index is 0.104. The van der Waals surface area contributed by atoms with E-state index in [1.807, 2.05) is 0 Å². The van der Waals surface area contributed by atoms with Crippen LogP contribution in [0.4, 0.5) is 19.0 Å². The van der Waals surface area contributed by atoms with Crippen LogP contribution >= 0.6 is 11.6 Å². The van der Waals surface area contributed by atoms with Crippen molar-refractivity contribution in [2.24, 2.45) is 0 Å². The third kappa shape index (κ3) is 6.07. The van der Waals surface area contributed by atoms with Crippen LogP contribution in [0.25, 0.3) is 0 Å². The molecule has 1 amide bonds. The summed E-state index contributed by atoms with van der Waals surface area (Å²) < 4.78 is 42.3. The molecule has 0 aliphatic carbocycles. The van der Waals surface area contributed by atoms with Crippen LogP contribution in [0.15, 0.2) is 12.3 Å². The first-order chi connectivity index (χ1) is 10.2. The lowest BCUT2D eigenvalue weighted by atomic mass is 10.2. The van der Waals surface area contributed by atoms with Crippen LogP contribution in [-0.4, -0.2) is 37.2 Å². The van der Waals surface area contributed by atoms with E-state index in [9.17, 15) is 18.0 Å². The second-order valence-electron chi connectivity index (χ2n) is 4.65. The average Bonchev–Trinajstić information content (AvgIpc) is 2.39. The third-order valence-electron chi connectivity index (χ3n) is 2.64. The largest absolute Gasteiger partial charge is 0.417 e. The second-order valence-corrected chi connectivity index (χ2v) is 5.06. The molecular weight excluding hydrogens is 323 g/mol. The molecule has 22 heavy (non-hydrogen) atoms. The normalized spacial score (nSPS) is 12.8. The maximum Gasteiger partial charge on any atom is 0.417 e. The van der Waals surface area contributed by atoms with Crippen molar-refractivity contribution in [2.45, 2.75) is 25.6 Å². The van der Waals surface area contributed by atoms with Gasteiger partial charge in [0.1, 0.15) is 5.82 Å². The zero-order valence-electron chi connectivity index (χ0n) is 12.1. The fourth-order valence-corrected chi connectivity index (χ4v) is 1.89. The van der Waals surface area contributed by atoms with Crippen LogP contribution < -0.4 is 10.6 Å². The van der Waals surface area contributed by atoms with Gasteiger partial charge in [-0.2, -0.15) is 13.2 Å². The van der Waals surface area contributed by atoms with Crippen molar-refractivity contribution < 1.29 is 22.7 Å². The molecule has 0 fully saturated rings. The molecule has 1 heterocycles. The molecule has 9 heteroatoms. The van der Waals surface area contributed by atoms with Crippen LogP contribution in [0.3, 0.4) is 0 Å². The molecule has 1 aromatic heterocycles. The quantitative estimate of drug-likeness (QED) is 0.801. The summed E-state index contributed by atoms with van der Waals surface area (Å²) in [7, 11) is 1.53. The molecule has 0 aliphatic heterocycles. The van der Waals surface area contributed by atoms with Crippen molar-refractivity contribution in [3.8, 4) is 0 Å². The van der Waals surface area contributed by atoms with Crippen LogP contribution in [0.5, 0.6) is 0 Å². The third-order valence-corrected chi connectivity index (χ3v) is 2.93. The highest BCUT2D eigenvalue weighted by Gasteiger charge is 2.31. The number of nitrogens with zero attached hydrogens (tertiary/aromatic N) is 1. The number of hydrogen-bond acceptors (Lipinski definition) is 4. The van der Waals surface area contributed by atoms with Gasteiger partial charge < -0.3 is 15.4 Å². The molecule has 0 spiro atoms. The van der Waals surface area contributed by atoms with Gasteiger partial charge in [0.15, 0.2) is 0 Å². The van der Waals surface area contributed by atoms with E-state index in [4.69, 9.17) is 16.3 Å². The Balaban J connectivity index is 2.47. The molecule has 0 bridgehead atoms. The standard InChI is InChI=1S/C13H17ClF3N3O2/c1-8(7-22-2)20-11(21)3-4-18-12-10(14)5-9(6-19-12)13(15,16)17/h5-6,8H,3-4,7H2,1-2H3,(H,18,19)(H,20,21). The first-order valence-corrected chi connectivity index (χ1v) is 6.86. The maximum absolute atomic E-state index is 12.5. The molecule has 124 valence electrons. The number of hydrogen-bond donors (Lipinski definition) is 2. The zero-order valence-corrected chi connectivity index (χ0v) is 12.9. The second kappa shape index (κ2) is 8.19. The number of aromatic nitrogens is 1. The van der Waals surface area contributed by atoms with Gasteiger partial charge in [0.05, 0.1) is 17.2 Å². The molecule has 5 nitrogen and oxygen atoms in total. The minimum atomic E-state index is -4.49. The van der Waals surface area contributed by atoms with Crippen LogP contribution in [0.1, 0.15) is 18.9 Å². The average molecular weight is 340 g/mol. The zero-order chi connectivity index (χ0) is 16.8. The number of halogens is 4. The fraction of sp³-hybridized carbons (Fsp3) is 0.538. The van der Waals surface area contributed by atoms with Crippen molar-refractivity contribution in [1.82, 2.24) is 10.3 Å². The van der Waals surface area contributed by atoms with Gasteiger partial charge in [-0.15, -0.1) is 0 Å². The van der Waals surface area contributed by atoms with E-state index in [0.29, 0.717) is 12.8 Å². The van der Waals surface area contributed by atoms with E-state index in [0.717, 1.165) is 6.07 Å². The molecular formula is C13H17ClF3N3O2. The van der Waals surface area contributed by atoms with Gasteiger partial charge in [-0.1, -0.05) is 11.6 Å². The predicted octanol–water partition coefficient (Wildman–Crippen LogP) is 2.71. The fourth-order valence-electron chi connectivity index (χ4n) is 1.66. The van der Waals surface area contributed by atoms with Crippen molar-refractivity contribution >= 4 is 23.3 Å². The lowest BCUT2D eigenvalue weighted by Gasteiger charge is -2.13. The number of alkyl halides is 3. The van der Waals surface area contributed by atoms with E-state index >= 15 is 0 Å². The maximum atomic E-state index is 12.5. The number of pyridine rings is 1. The number of methoxy groups -OCH3 is 1. The van der Waals surface area contributed by atoms with Gasteiger partial charge in [0.2, 0.25) is 5.91 Å². The molecule has 1 aromatic rings. The Morgan fingerprint density at radius 3 is 2.73 bits per heavy atom. The van der Waals surface area contributed by atoms with Gasteiger partial charge in [-0.25, -0.2) is 4.98 Å². The Labute approximate surface area is 131 Å². The number of nitrogens with one attached hydrogen (secondary N) is 2. The Kier molecular flexibility index (Phi) is 6.89. The summed E-state index contributed by atoms with van der Waals surface area (Å²) in [5.41, 5.74) is -0.922. The summed E-state index contributed by atoms with van der Waals surface area (Å²) in [5, 5.41) is 5.28. The smallest absolute Gasteiger partial charge is 0.383 e. The Morgan fingerprint density at radius 2 is 2.18 bits per heavy atom. The number of carbonyl (C=O) groups is 1. The minimum Gasteiger partial charge on any atom is -0.383 e. The lowest BCUT2D eigenvalue weighted by molar-refractivity contribution is -0.137. The lowest BCUT2D eigenvalue weighted by Crippen LogP contribution is -2.36. The topological polar surface area (TPSA) is 63.2 Å². The van der Waals surface area contributed by atoms with Gasteiger partial charge in [0.25, 0.3) is 0 Å². The first-order valence-electron chi connectivity index (χ1n) is 6.49.